The van der Waals surface area contributed by atoms with Gasteiger partial charge >= 0.3 is 16.1 Å². The zero-order valence-electron chi connectivity index (χ0n) is 26.1. The maximum absolute atomic E-state index is 13.5. The van der Waals surface area contributed by atoms with Crippen LogP contribution in [0.15, 0.2) is 54.6 Å². The van der Waals surface area contributed by atoms with E-state index in [0.717, 1.165) is 12.8 Å². The van der Waals surface area contributed by atoms with Crippen LogP contribution in [0.2, 0.25) is 0 Å². The molecule has 46 heavy (non-hydrogen) atoms. The van der Waals surface area contributed by atoms with Gasteiger partial charge in [-0.2, -0.15) is 8.42 Å². The summed E-state index contributed by atoms with van der Waals surface area (Å²) in [6.07, 6.45) is 3.01. The Bertz CT molecular complexity index is 1690. The second-order valence-electron chi connectivity index (χ2n) is 10.6. The minimum absolute atomic E-state index is 0.0301. The van der Waals surface area contributed by atoms with E-state index in [1.165, 1.54) is 37.4 Å². The number of nitrogen functional groups attached to an aromatic ring is 1. The molecular weight excluding hydrogens is 614 g/mol. The number of nitrogens with zero attached hydrogens (tertiary/aromatic N) is 1. The summed E-state index contributed by atoms with van der Waals surface area (Å²) in [5.74, 6) is -2.74. The number of aliphatic hydroxyl groups excluding tert-OH is 1. The van der Waals surface area contributed by atoms with Crippen molar-refractivity contribution in [3.05, 3.63) is 77.0 Å². The number of ether oxygens (including phenoxy) is 1. The number of aliphatic hydroxyl groups is 1. The van der Waals surface area contributed by atoms with Gasteiger partial charge in [0, 0.05) is 40.9 Å². The number of anilines is 1. The Morgan fingerprint density at radius 2 is 1.59 bits per heavy atom. The lowest BCUT2D eigenvalue weighted by molar-refractivity contribution is 0.0748. The molecule has 246 valence electrons. The fourth-order valence-electron chi connectivity index (χ4n) is 4.80. The quantitative estimate of drug-likeness (QED) is 0.0911. The van der Waals surface area contributed by atoms with Crippen molar-refractivity contribution in [2.75, 3.05) is 25.2 Å². The Balaban J connectivity index is 2.05. The van der Waals surface area contributed by atoms with E-state index in [9.17, 15) is 27.9 Å². The van der Waals surface area contributed by atoms with Crippen LogP contribution in [0.25, 0.3) is 11.1 Å². The molecule has 3 aromatic rings. The summed E-state index contributed by atoms with van der Waals surface area (Å²) in [6.45, 7) is 4.14. The predicted octanol–water partition coefficient (Wildman–Crippen LogP) is 3.72. The third-order valence-electron chi connectivity index (χ3n) is 7.08. The van der Waals surface area contributed by atoms with Crippen LogP contribution in [-0.4, -0.2) is 68.1 Å². The summed E-state index contributed by atoms with van der Waals surface area (Å²) in [6, 6.07) is 13.1. The lowest BCUT2D eigenvalue weighted by Gasteiger charge is -2.22. The van der Waals surface area contributed by atoms with Crippen molar-refractivity contribution in [3.8, 4) is 17.0 Å². The number of hydrogen-bond donors (Lipinski definition) is 5. The topological polar surface area (TPSA) is 211 Å². The minimum atomic E-state index is -4.25. The maximum Gasteiger partial charge on any atom is 0.354 e. The maximum atomic E-state index is 13.5. The highest BCUT2D eigenvalue weighted by Crippen LogP contribution is 2.31. The zero-order valence-corrected chi connectivity index (χ0v) is 26.9. The van der Waals surface area contributed by atoms with Crippen molar-refractivity contribution in [2.45, 2.75) is 45.6 Å². The molecular formula is C32H39N5O8S. The molecule has 0 aliphatic carbocycles. The van der Waals surface area contributed by atoms with E-state index in [0.29, 0.717) is 30.3 Å². The molecule has 14 heteroatoms. The van der Waals surface area contributed by atoms with Crippen LogP contribution in [0.1, 0.15) is 76.3 Å². The molecule has 0 aliphatic heterocycles. The number of amides is 2. The van der Waals surface area contributed by atoms with Gasteiger partial charge in [-0.15, -0.1) is 0 Å². The molecule has 0 saturated carbocycles. The molecule has 3 rings (SSSR count). The molecule has 2 atom stereocenters. The molecule has 0 fully saturated rings. The standard InChI is InChI=1S/C32H39N5O8S/c1-5-7-21(26(38)8-6-2)18-35-30(39)20-11-14-23(25(17-20)32(41)45-46(4,42)43)24-15-16-27(44-3)37-28(24)31(40)36-22-12-9-19(10-13-22)29(33)34/h9-17,21,26,38H,5-8,18H2,1-4H3,(H3,33,34)(H,35,39)(H,36,40). The second-order valence-corrected chi connectivity index (χ2v) is 12.2. The first kappa shape index (κ1) is 35.7. The molecule has 2 aromatic carbocycles. The number of hydrogen-bond acceptors (Lipinski definition) is 10. The van der Waals surface area contributed by atoms with Gasteiger partial charge in [0.25, 0.3) is 11.8 Å². The number of nitrogens with two attached hydrogens (primary N) is 1. The SMILES string of the molecule is CCCC(O)C(CCC)CNC(=O)c1ccc(-c2ccc(OC)nc2C(=O)Nc2ccc(C(=N)N)cc2)c(C(=O)OS(C)(=O)=O)c1. The molecule has 0 spiro atoms. The van der Waals surface area contributed by atoms with Crippen LogP contribution in [0.3, 0.4) is 0 Å². The Morgan fingerprint density at radius 1 is 0.957 bits per heavy atom. The van der Waals surface area contributed by atoms with E-state index in [1.54, 1.807) is 24.3 Å². The largest absolute Gasteiger partial charge is 0.481 e. The number of rotatable bonds is 15. The molecule has 0 aliphatic rings. The number of amidine groups is 1. The van der Waals surface area contributed by atoms with Gasteiger partial charge in [0.2, 0.25) is 5.88 Å². The van der Waals surface area contributed by atoms with Crippen LogP contribution in [-0.2, 0) is 14.3 Å². The number of carbonyl (C=O) groups excluding carboxylic acids is 3. The Hall–Kier alpha value is -4.82. The fourth-order valence-corrected chi connectivity index (χ4v) is 5.16. The first-order chi connectivity index (χ1) is 21.8. The Kier molecular flexibility index (Phi) is 12.4. The molecule has 0 bridgehead atoms. The summed E-state index contributed by atoms with van der Waals surface area (Å²) in [5, 5.41) is 23.6. The van der Waals surface area contributed by atoms with E-state index >= 15 is 0 Å². The van der Waals surface area contributed by atoms with Gasteiger partial charge in [-0.05, 0) is 60.9 Å². The number of benzene rings is 2. The van der Waals surface area contributed by atoms with Gasteiger partial charge in [-0.25, -0.2) is 9.78 Å². The Labute approximate surface area is 268 Å². The van der Waals surface area contributed by atoms with Gasteiger partial charge in [0.15, 0.2) is 0 Å². The first-order valence-electron chi connectivity index (χ1n) is 14.6. The van der Waals surface area contributed by atoms with Crippen LogP contribution in [0.5, 0.6) is 5.88 Å². The van der Waals surface area contributed by atoms with E-state index in [4.69, 9.17) is 15.9 Å². The van der Waals surface area contributed by atoms with Gasteiger partial charge in [0.05, 0.1) is 25.0 Å². The van der Waals surface area contributed by atoms with Gasteiger partial charge in [-0.3, -0.25) is 15.0 Å². The fraction of sp³-hybridized carbons (Fsp3) is 0.344. The third-order valence-corrected chi connectivity index (χ3v) is 7.53. The van der Waals surface area contributed by atoms with Gasteiger partial charge in [0.1, 0.15) is 11.5 Å². The van der Waals surface area contributed by atoms with Crippen LogP contribution in [0, 0.1) is 11.3 Å². The van der Waals surface area contributed by atoms with Crippen LogP contribution >= 0.6 is 0 Å². The number of methoxy groups -OCH3 is 1. The molecule has 1 aromatic heterocycles. The second kappa shape index (κ2) is 16.0. The summed E-state index contributed by atoms with van der Waals surface area (Å²) in [7, 11) is -2.89. The van der Waals surface area contributed by atoms with Crippen LogP contribution in [0.4, 0.5) is 5.69 Å². The molecule has 2 unspecified atom stereocenters. The normalized spacial score (nSPS) is 12.5. The smallest absolute Gasteiger partial charge is 0.354 e. The minimum Gasteiger partial charge on any atom is -0.481 e. The number of aromatic nitrogens is 1. The summed E-state index contributed by atoms with van der Waals surface area (Å²) in [4.78, 5) is 44.1. The predicted molar refractivity (Wildman–Crippen MR) is 174 cm³/mol. The van der Waals surface area contributed by atoms with E-state index in [2.05, 4.69) is 19.8 Å². The van der Waals surface area contributed by atoms with Crippen molar-refractivity contribution in [1.29, 1.82) is 5.41 Å². The van der Waals surface area contributed by atoms with Gasteiger partial charge < -0.3 is 30.4 Å². The highest BCUT2D eigenvalue weighted by molar-refractivity contribution is 7.86. The highest BCUT2D eigenvalue weighted by Gasteiger charge is 2.26. The number of carbonyl (C=O) groups is 3. The molecule has 0 saturated heterocycles. The van der Waals surface area contributed by atoms with Crippen molar-refractivity contribution < 1.29 is 36.8 Å². The van der Waals surface area contributed by atoms with E-state index in [1.807, 2.05) is 13.8 Å². The van der Waals surface area contributed by atoms with Crippen molar-refractivity contribution in [3.63, 3.8) is 0 Å². The van der Waals surface area contributed by atoms with E-state index < -0.39 is 34.0 Å². The lowest BCUT2D eigenvalue weighted by atomic mass is 9.93. The molecule has 13 nitrogen and oxygen atoms in total. The molecule has 1 heterocycles. The number of pyridine rings is 1. The van der Waals surface area contributed by atoms with Crippen molar-refractivity contribution in [2.24, 2.45) is 11.7 Å². The first-order valence-corrected chi connectivity index (χ1v) is 16.4. The Morgan fingerprint density at radius 3 is 2.17 bits per heavy atom. The van der Waals surface area contributed by atoms with Crippen LogP contribution < -0.4 is 21.1 Å². The molecule has 6 N–H and O–H groups in total. The summed E-state index contributed by atoms with van der Waals surface area (Å²) < 4.78 is 33.7. The third kappa shape index (κ3) is 9.59. The zero-order chi connectivity index (χ0) is 34.0. The van der Waals surface area contributed by atoms with Crippen molar-refractivity contribution in [1.82, 2.24) is 10.3 Å². The van der Waals surface area contributed by atoms with E-state index in [-0.39, 0.29) is 52.1 Å². The average molecular weight is 654 g/mol. The van der Waals surface area contributed by atoms with Gasteiger partial charge in [-0.1, -0.05) is 32.8 Å². The van der Waals surface area contributed by atoms with Crippen molar-refractivity contribution >= 4 is 39.4 Å². The molecule has 2 amide bonds. The average Bonchev–Trinajstić information content (AvgIpc) is 3.01. The highest BCUT2D eigenvalue weighted by atomic mass is 32.2. The number of nitrogens with one attached hydrogen (secondary N) is 3. The molecule has 0 radical (unpaired) electrons. The summed E-state index contributed by atoms with van der Waals surface area (Å²) in [5.41, 5.74) is 6.06. The lowest BCUT2D eigenvalue weighted by Crippen LogP contribution is -2.35. The summed E-state index contributed by atoms with van der Waals surface area (Å²) >= 11 is 0. The monoisotopic (exact) mass is 653 g/mol.